The Kier molecular flexibility index (Phi) is 3.61. The standard InChI is InChI=1S/C14H20N6O2S/c21-23(22,14-8-15-9-16-14)19-11-3-5-20(6-4-11)13-7-12(17-18-13)10-1-2-10/h7-11,19H,1-6H2,(H,15,16)(H,17,18). The molecule has 1 saturated heterocycles. The SMILES string of the molecule is O=S(=O)(NC1CCN(c2cc(C3CC3)[nH]n2)CC1)c1cnc[nH]1. The predicted octanol–water partition coefficient (Wildman–Crippen LogP) is 0.957. The Hall–Kier alpha value is -1.87. The molecule has 2 aromatic heterocycles. The first-order valence-corrected chi connectivity index (χ1v) is 9.41. The second-order valence-corrected chi connectivity index (χ2v) is 7.94. The van der Waals surface area contributed by atoms with Crippen molar-refractivity contribution in [2.24, 2.45) is 0 Å². The zero-order valence-electron chi connectivity index (χ0n) is 12.7. The molecular formula is C14H20N6O2S. The van der Waals surface area contributed by atoms with Gasteiger partial charge in [-0.2, -0.15) is 5.10 Å². The zero-order valence-corrected chi connectivity index (χ0v) is 13.5. The summed E-state index contributed by atoms with van der Waals surface area (Å²) in [6.07, 6.45) is 6.71. The van der Waals surface area contributed by atoms with Gasteiger partial charge in [0.15, 0.2) is 10.8 Å². The molecule has 4 rings (SSSR count). The first-order valence-electron chi connectivity index (χ1n) is 7.93. The van der Waals surface area contributed by atoms with Gasteiger partial charge in [-0.05, 0) is 25.7 Å². The van der Waals surface area contributed by atoms with Crippen LogP contribution in [0.1, 0.15) is 37.3 Å². The third-order valence-electron chi connectivity index (χ3n) is 4.50. The van der Waals surface area contributed by atoms with E-state index in [4.69, 9.17) is 0 Å². The minimum atomic E-state index is -3.51. The maximum absolute atomic E-state index is 12.2. The Labute approximate surface area is 134 Å². The highest BCUT2D eigenvalue weighted by molar-refractivity contribution is 7.89. The van der Waals surface area contributed by atoms with Crippen LogP contribution in [0.5, 0.6) is 0 Å². The average molecular weight is 336 g/mol. The van der Waals surface area contributed by atoms with E-state index < -0.39 is 10.0 Å². The van der Waals surface area contributed by atoms with Crippen LogP contribution in [0.4, 0.5) is 5.82 Å². The number of aromatic nitrogens is 4. The molecular weight excluding hydrogens is 316 g/mol. The summed E-state index contributed by atoms with van der Waals surface area (Å²) in [5.41, 5.74) is 1.22. The Morgan fingerprint density at radius 1 is 1.22 bits per heavy atom. The normalized spacial score (nSPS) is 20.1. The Morgan fingerprint density at radius 3 is 2.65 bits per heavy atom. The lowest BCUT2D eigenvalue weighted by Gasteiger charge is -2.32. The van der Waals surface area contributed by atoms with Crippen LogP contribution in [0.25, 0.3) is 0 Å². The molecule has 1 aliphatic carbocycles. The highest BCUT2D eigenvalue weighted by Gasteiger charge is 2.29. The molecule has 2 fully saturated rings. The van der Waals surface area contributed by atoms with E-state index in [1.165, 1.54) is 31.1 Å². The summed E-state index contributed by atoms with van der Waals surface area (Å²) in [5, 5.41) is 7.62. The molecule has 0 spiro atoms. The second-order valence-electron chi connectivity index (χ2n) is 6.25. The van der Waals surface area contributed by atoms with Crippen molar-refractivity contribution in [3.8, 4) is 0 Å². The molecule has 0 unspecified atom stereocenters. The van der Waals surface area contributed by atoms with E-state index in [0.29, 0.717) is 5.92 Å². The molecule has 0 atom stereocenters. The molecule has 0 aromatic carbocycles. The van der Waals surface area contributed by atoms with Crippen LogP contribution >= 0.6 is 0 Å². The fourth-order valence-corrected chi connectivity index (χ4v) is 4.20. The monoisotopic (exact) mass is 336 g/mol. The number of piperidine rings is 1. The predicted molar refractivity (Wildman–Crippen MR) is 84.7 cm³/mol. The van der Waals surface area contributed by atoms with E-state index in [-0.39, 0.29) is 11.1 Å². The Bertz CT molecular complexity index is 757. The molecule has 3 heterocycles. The van der Waals surface area contributed by atoms with Crippen molar-refractivity contribution in [1.82, 2.24) is 24.9 Å². The van der Waals surface area contributed by atoms with Gasteiger partial charge in [-0.3, -0.25) is 5.10 Å². The van der Waals surface area contributed by atoms with Gasteiger partial charge in [0.1, 0.15) is 0 Å². The van der Waals surface area contributed by atoms with Gasteiger partial charge in [-0.25, -0.2) is 18.1 Å². The number of nitrogens with zero attached hydrogens (tertiary/aromatic N) is 3. The third-order valence-corrected chi connectivity index (χ3v) is 5.95. The number of nitrogens with one attached hydrogen (secondary N) is 3. The number of hydrogen-bond acceptors (Lipinski definition) is 5. The van der Waals surface area contributed by atoms with Crippen molar-refractivity contribution in [3.05, 3.63) is 24.3 Å². The van der Waals surface area contributed by atoms with Gasteiger partial charge in [-0.15, -0.1) is 0 Å². The van der Waals surface area contributed by atoms with Gasteiger partial charge in [0, 0.05) is 36.8 Å². The first-order chi connectivity index (χ1) is 11.1. The quantitative estimate of drug-likeness (QED) is 0.754. The maximum Gasteiger partial charge on any atom is 0.257 e. The van der Waals surface area contributed by atoms with E-state index in [1.54, 1.807) is 0 Å². The molecule has 23 heavy (non-hydrogen) atoms. The fourth-order valence-electron chi connectivity index (χ4n) is 2.99. The summed E-state index contributed by atoms with van der Waals surface area (Å²) >= 11 is 0. The molecule has 124 valence electrons. The minimum absolute atomic E-state index is 0.0543. The molecule has 2 aromatic rings. The van der Waals surface area contributed by atoms with Crippen LogP contribution in [0, 0.1) is 0 Å². The van der Waals surface area contributed by atoms with Gasteiger partial charge in [0.05, 0.1) is 12.5 Å². The maximum atomic E-state index is 12.2. The highest BCUT2D eigenvalue weighted by Crippen LogP contribution is 2.40. The first kappa shape index (κ1) is 14.7. The molecule has 0 bridgehead atoms. The van der Waals surface area contributed by atoms with Gasteiger partial charge in [0.2, 0.25) is 0 Å². The fraction of sp³-hybridized carbons (Fsp3) is 0.571. The molecule has 1 saturated carbocycles. The molecule has 3 N–H and O–H groups in total. The minimum Gasteiger partial charge on any atom is -0.355 e. The average Bonchev–Trinajstić information content (AvgIpc) is 3.05. The number of sulfonamides is 1. The lowest BCUT2D eigenvalue weighted by molar-refractivity contribution is 0.457. The van der Waals surface area contributed by atoms with E-state index >= 15 is 0 Å². The van der Waals surface area contributed by atoms with Crippen molar-refractivity contribution < 1.29 is 8.42 Å². The number of aromatic amines is 2. The summed E-state index contributed by atoms with van der Waals surface area (Å²) < 4.78 is 27.1. The van der Waals surface area contributed by atoms with Gasteiger partial charge < -0.3 is 9.88 Å². The topological polar surface area (TPSA) is 107 Å². The number of hydrogen-bond donors (Lipinski definition) is 3. The molecule has 8 nitrogen and oxygen atoms in total. The van der Waals surface area contributed by atoms with Crippen molar-refractivity contribution in [1.29, 1.82) is 0 Å². The molecule has 0 amide bonds. The summed E-state index contributed by atoms with van der Waals surface area (Å²) in [6, 6.07) is 2.08. The molecule has 2 aliphatic rings. The molecule has 1 aliphatic heterocycles. The van der Waals surface area contributed by atoms with Crippen LogP contribution in [0.3, 0.4) is 0 Å². The van der Waals surface area contributed by atoms with E-state index in [1.807, 2.05) is 0 Å². The van der Waals surface area contributed by atoms with Crippen LogP contribution in [0.15, 0.2) is 23.6 Å². The van der Waals surface area contributed by atoms with Crippen LogP contribution in [-0.4, -0.2) is 47.7 Å². The zero-order chi connectivity index (χ0) is 15.9. The summed E-state index contributed by atoms with van der Waals surface area (Å²) in [7, 11) is -3.51. The van der Waals surface area contributed by atoms with Gasteiger partial charge >= 0.3 is 0 Å². The summed E-state index contributed by atoms with van der Waals surface area (Å²) in [5.74, 6) is 1.64. The summed E-state index contributed by atoms with van der Waals surface area (Å²) in [6.45, 7) is 1.59. The van der Waals surface area contributed by atoms with Crippen LogP contribution in [0.2, 0.25) is 0 Å². The molecule has 0 radical (unpaired) electrons. The third kappa shape index (κ3) is 3.11. The lowest BCUT2D eigenvalue weighted by atomic mass is 10.1. The Morgan fingerprint density at radius 2 is 2.00 bits per heavy atom. The highest BCUT2D eigenvalue weighted by atomic mass is 32.2. The van der Waals surface area contributed by atoms with Crippen LogP contribution in [-0.2, 0) is 10.0 Å². The van der Waals surface area contributed by atoms with Crippen molar-refractivity contribution >= 4 is 15.8 Å². The largest absolute Gasteiger partial charge is 0.355 e. The summed E-state index contributed by atoms with van der Waals surface area (Å²) in [4.78, 5) is 8.61. The van der Waals surface area contributed by atoms with Crippen LogP contribution < -0.4 is 9.62 Å². The number of rotatable bonds is 5. The van der Waals surface area contributed by atoms with E-state index in [2.05, 4.69) is 35.9 Å². The van der Waals surface area contributed by atoms with E-state index in [0.717, 1.165) is 31.7 Å². The second kappa shape index (κ2) is 5.64. The van der Waals surface area contributed by atoms with E-state index in [9.17, 15) is 8.42 Å². The van der Waals surface area contributed by atoms with Crippen molar-refractivity contribution in [2.45, 2.75) is 42.7 Å². The van der Waals surface area contributed by atoms with Crippen molar-refractivity contribution in [2.75, 3.05) is 18.0 Å². The number of H-pyrrole nitrogens is 2. The Balaban J connectivity index is 1.35. The number of anilines is 1. The molecule has 9 heteroatoms. The van der Waals surface area contributed by atoms with Crippen molar-refractivity contribution in [3.63, 3.8) is 0 Å². The smallest absolute Gasteiger partial charge is 0.257 e. The van der Waals surface area contributed by atoms with Gasteiger partial charge in [0.25, 0.3) is 10.0 Å². The number of imidazole rings is 1. The lowest BCUT2D eigenvalue weighted by Crippen LogP contribution is -2.44. The van der Waals surface area contributed by atoms with Gasteiger partial charge in [-0.1, -0.05) is 0 Å².